The molecular formula is C41H52N6O8S. The van der Waals surface area contributed by atoms with E-state index in [9.17, 15) is 32.4 Å². The van der Waals surface area contributed by atoms with Gasteiger partial charge in [0.05, 0.1) is 10.9 Å². The van der Waals surface area contributed by atoms with E-state index in [1.807, 2.05) is 49.4 Å². The maximum Gasteiger partial charge on any atom is 0.408 e. The highest BCUT2D eigenvalue weighted by Gasteiger charge is 2.63. The SMILES string of the molecule is Cc1cccc(-c2cccc(C(=O)N3C[C@H]4CN5C(=O)[C@H](NC(=O)OC(C)(C)C)CCCCC/C=C\[C@H]6C[C@@]6(C(=O)NS(=O)(=O)C6CC6)NC(=O)[C@@H]5[C@H]4C3)n2)c1. The van der Waals surface area contributed by atoms with Crippen LogP contribution >= 0.6 is 0 Å². The number of aromatic nitrogens is 1. The first-order valence-electron chi connectivity index (χ1n) is 19.7. The molecule has 4 heterocycles. The Balaban J connectivity index is 1.18. The number of aryl methyl sites for hydroxylation is 1. The molecule has 3 aliphatic heterocycles. The minimum atomic E-state index is -3.91. The Labute approximate surface area is 328 Å². The highest BCUT2D eigenvalue weighted by molar-refractivity contribution is 7.91. The van der Waals surface area contributed by atoms with Crippen LogP contribution in [-0.4, -0.2) is 101 Å². The number of nitrogens with one attached hydrogen (secondary N) is 3. The molecule has 5 amide bonds. The lowest BCUT2D eigenvalue weighted by atomic mass is 9.93. The van der Waals surface area contributed by atoms with Crippen LogP contribution in [0.5, 0.6) is 0 Å². The van der Waals surface area contributed by atoms with E-state index in [0.717, 1.165) is 24.0 Å². The van der Waals surface area contributed by atoms with Gasteiger partial charge in [-0.15, -0.1) is 0 Å². The summed E-state index contributed by atoms with van der Waals surface area (Å²) in [5, 5.41) is 5.05. The normalized spacial score (nSPS) is 28.8. The molecule has 2 saturated heterocycles. The zero-order chi connectivity index (χ0) is 40.0. The molecule has 56 heavy (non-hydrogen) atoms. The number of sulfonamides is 1. The standard InChI is InChI=1S/C41H52N6O8S/c1-25-12-10-13-26(20-25)31-16-11-17-32(42-31)36(49)46-22-27-23-47-34(30(27)24-46)35(48)44-41(38(51)45-56(53,54)29-18-19-29)21-28(41)14-8-6-5-7-9-15-33(37(47)50)43-39(52)55-40(2,3)4/h8,10-14,16-17,20,27-30,33-34H,5-7,9,15,18-19,21-24H2,1-4H3,(H,43,52)(H,44,48)(H,45,51)/b14-8-/t27-,28-,30-,33+,34-,41+/m0/s1. The maximum atomic E-state index is 14.7. The smallest absolute Gasteiger partial charge is 0.408 e. The van der Waals surface area contributed by atoms with Gasteiger partial charge in [-0.3, -0.25) is 23.9 Å². The predicted octanol–water partition coefficient (Wildman–Crippen LogP) is 3.85. The van der Waals surface area contributed by atoms with Crippen LogP contribution in [0.3, 0.4) is 0 Å². The van der Waals surface area contributed by atoms with E-state index in [1.54, 1.807) is 37.8 Å². The molecule has 15 heteroatoms. The van der Waals surface area contributed by atoms with Crippen molar-refractivity contribution in [2.45, 2.75) is 108 Å². The van der Waals surface area contributed by atoms with Crippen LogP contribution in [0, 0.1) is 24.7 Å². The van der Waals surface area contributed by atoms with Gasteiger partial charge in [0, 0.05) is 43.0 Å². The molecule has 7 rings (SSSR count). The molecule has 0 unspecified atom stereocenters. The van der Waals surface area contributed by atoms with Crippen molar-refractivity contribution in [1.82, 2.24) is 30.1 Å². The number of pyridine rings is 1. The second kappa shape index (κ2) is 15.3. The van der Waals surface area contributed by atoms with Crippen molar-refractivity contribution in [2.75, 3.05) is 19.6 Å². The minimum Gasteiger partial charge on any atom is -0.444 e. The largest absolute Gasteiger partial charge is 0.444 e. The van der Waals surface area contributed by atoms with Crippen LogP contribution in [-0.2, 0) is 29.1 Å². The summed E-state index contributed by atoms with van der Waals surface area (Å²) in [5.74, 6) is -3.41. The average molecular weight is 789 g/mol. The van der Waals surface area contributed by atoms with Crippen molar-refractivity contribution in [3.63, 3.8) is 0 Å². The summed E-state index contributed by atoms with van der Waals surface area (Å²) >= 11 is 0. The number of allylic oxidation sites excluding steroid dienone is 1. The highest BCUT2D eigenvalue weighted by Crippen LogP contribution is 2.47. The fourth-order valence-electron chi connectivity index (χ4n) is 8.37. The lowest BCUT2D eigenvalue weighted by Crippen LogP contribution is -2.60. The summed E-state index contributed by atoms with van der Waals surface area (Å²) in [7, 11) is -3.91. The van der Waals surface area contributed by atoms with Crippen LogP contribution in [0.25, 0.3) is 11.3 Å². The first-order chi connectivity index (χ1) is 26.5. The first-order valence-corrected chi connectivity index (χ1v) is 21.3. The fourth-order valence-corrected chi connectivity index (χ4v) is 9.73. The number of fused-ring (bicyclic) bond motifs is 4. The third-order valence-electron chi connectivity index (χ3n) is 11.5. The van der Waals surface area contributed by atoms with Crippen molar-refractivity contribution in [1.29, 1.82) is 0 Å². The molecule has 300 valence electrons. The van der Waals surface area contributed by atoms with Gasteiger partial charge in [-0.1, -0.05) is 54.8 Å². The van der Waals surface area contributed by atoms with Crippen molar-refractivity contribution in [3.05, 3.63) is 65.9 Å². The lowest BCUT2D eigenvalue weighted by molar-refractivity contribution is -0.142. The molecule has 0 bridgehead atoms. The van der Waals surface area contributed by atoms with Gasteiger partial charge in [0.2, 0.25) is 21.8 Å². The minimum absolute atomic E-state index is 0.132. The molecule has 2 saturated carbocycles. The van der Waals surface area contributed by atoms with E-state index in [0.29, 0.717) is 37.8 Å². The van der Waals surface area contributed by atoms with E-state index >= 15 is 0 Å². The molecular weight excluding hydrogens is 737 g/mol. The van der Waals surface area contributed by atoms with Crippen LogP contribution < -0.4 is 15.4 Å². The number of amides is 5. The summed E-state index contributed by atoms with van der Waals surface area (Å²) < 4.78 is 33.6. The molecule has 6 atom stereocenters. The summed E-state index contributed by atoms with van der Waals surface area (Å²) in [4.78, 5) is 78.0. The first kappa shape index (κ1) is 39.4. The Morgan fingerprint density at radius 2 is 1.75 bits per heavy atom. The number of nitrogens with zero attached hydrogens (tertiary/aromatic N) is 3. The number of ether oxygens (including phenoxy) is 1. The second-order valence-electron chi connectivity index (χ2n) is 17.1. The molecule has 1 aromatic carbocycles. The average Bonchev–Trinajstić information content (AvgIpc) is 4.03. The van der Waals surface area contributed by atoms with E-state index < -0.39 is 74.1 Å². The van der Waals surface area contributed by atoms with Gasteiger partial charge in [0.15, 0.2) is 0 Å². The van der Waals surface area contributed by atoms with Gasteiger partial charge < -0.3 is 25.2 Å². The molecule has 0 spiro atoms. The summed E-state index contributed by atoms with van der Waals surface area (Å²) in [6.45, 7) is 7.71. The van der Waals surface area contributed by atoms with E-state index in [1.165, 1.54) is 4.90 Å². The molecule has 2 aromatic rings. The molecule has 14 nitrogen and oxygen atoms in total. The summed E-state index contributed by atoms with van der Waals surface area (Å²) in [6.07, 6.45) is 7.39. The van der Waals surface area contributed by atoms with Gasteiger partial charge in [-0.05, 0) is 84.4 Å². The Bertz CT molecular complexity index is 2040. The number of carbonyl (C=O) groups is 5. The summed E-state index contributed by atoms with van der Waals surface area (Å²) in [6, 6.07) is 11.0. The molecule has 0 radical (unpaired) electrons. The third kappa shape index (κ3) is 8.47. The van der Waals surface area contributed by atoms with Crippen molar-refractivity contribution >= 4 is 39.7 Å². The molecule has 3 N–H and O–H groups in total. The second-order valence-corrected chi connectivity index (χ2v) is 19.0. The third-order valence-corrected chi connectivity index (χ3v) is 13.3. The maximum absolute atomic E-state index is 14.7. The van der Waals surface area contributed by atoms with Crippen LogP contribution in [0.4, 0.5) is 4.79 Å². The predicted molar refractivity (Wildman–Crippen MR) is 207 cm³/mol. The van der Waals surface area contributed by atoms with Gasteiger partial charge in [-0.2, -0.15) is 0 Å². The molecule has 2 aliphatic carbocycles. The topological polar surface area (TPSA) is 184 Å². The Hall–Kier alpha value is -4.79. The fraction of sp³-hybridized carbons (Fsp3) is 0.561. The zero-order valence-electron chi connectivity index (χ0n) is 32.5. The van der Waals surface area contributed by atoms with Gasteiger partial charge in [-0.25, -0.2) is 18.2 Å². The van der Waals surface area contributed by atoms with Crippen molar-refractivity contribution < 1.29 is 37.1 Å². The van der Waals surface area contributed by atoms with Gasteiger partial charge in [0.1, 0.15) is 28.9 Å². The van der Waals surface area contributed by atoms with Crippen LogP contribution in [0.1, 0.15) is 88.2 Å². The lowest BCUT2D eigenvalue weighted by Gasteiger charge is -2.33. The van der Waals surface area contributed by atoms with Crippen LogP contribution in [0.2, 0.25) is 0 Å². The number of hydrogen-bond acceptors (Lipinski definition) is 9. The monoisotopic (exact) mass is 788 g/mol. The number of alkyl carbamates (subject to hydrolysis) is 1. The molecule has 5 aliphatic rings. The number of likely N-dealkylation sites (tertiary alicyclic amines) is 1. The Kier molecular flexibility index (Phi) is 10.8. The number of rotatable bonds is 6. The number of benzene rings is 1. The van der Waals surface area contributed by atoms with Crippen molar-refractivity contribution in [2.24, 2.45) is 17.8 Å². The van der Waals surface area contributed by atoms with Crippen molar-refractivity contribution in [3.8, 4) is 11.3 Å². The quantitative estimate of drug-likeness (QED) is 0.366. The summed E-state index contributed by atoms with van der Waals surface area (Å²) in [5.41, 5.74) is 0.519. The Morgan fingerprint density at radius 1 is 0.982 bits per heavy atom. The van der Waals surface area contributed by atoms with E-state index in [4.69, 9.17) is 9.72 Å². The number of carbonyl (C=O) groups excluding carboxylic acids is 5. The van der Waals surface area contributed by atoms with Gasteiger partial charge in [0.25, 0.3) is 11.8 Å². The number of hydrogen-bond donors (Lipinski definition) is 3. The van der Waals surface area contributed by atoms with Gasteiger partial charge >= 0.3 is 6.09 Å². The molecule has 4 fully saturated rings. The van der Waals surface area contributed by atoms with E-state index in [2.05, 4.69) is 15.4 Å². The zero-order valence-corrected chi connectivity index (χ0v) is 33.3. The Morgan fingerprint density at radius 3 is 2.48 bits per heavy atom. The highest BCUT2D eigenvalue weighted by atomic mass is 32.2. The molecule has 1 aromatic heterocycles. The van der Waals surface area contributed by atoms with Crippen LogP contribution in [0.15, 0.2) is 54.6 Å². The van der Waals surface area contributed by atoms with E-state index in [-0.39, 0.29) is 43.6 Å².